The summed E-state index contributed by atoms with van der Waals surface area (Å²) in [6, 6.07) is 17.9. The number of nitrogens with one attached hydrogen (secondary N) is 2. The number of imidazole rings is 1. The Morgan fingerprint density at radius 3 is 2.43 bits per heavy atom. The topological polar surface area (TPSA) is 170 Å². The number of aromatic amines is 1. The maximum atomic E-state index is 15.2. The molecule has 1 aliphatic carbocycles. The van der Waals surface area contributed by atoms with Gasteiger partial charge in [-0.1, -0.05) is 48.5 Å². The second-order valence-corrected chi connectivity index (χ2v) is 14.9. The number of fused-ring (bicyclic) bond motifs is 1. The molecule has 0 saturated heterocycles. The summed E-state index contributed by atoms with van der Waals surface area (Å²) in [4.78, 5) is 54.1. The van der Waals surface area contributed by atoms with Gasteiger partial charge in [0.2, 0.25) is 11.8 Å². The van der Waals surface area contributed by atoms with E-state index in [4.69, 9.17) is 9.72 Å². The second-order valence-electron chi connectivity index (χ2n) is 14.9. The number of carbonyl (C=O) groups excluding carboxylic acids is 1. The van der Waals surface area contributed by atoms with Crippen LogP contribution in [0.4, 0.5) is 23.5 Å². The summed E-state index contributed by atoms with van der Waals surface area (Å²) in [6.45, 7) is 3.95. The second kappa shape index (κ2) is 16.9. The van der Waals surface area contributed by atoms with E-state index in [1.807, 2.05) is 0 Å². The third-order valence-corrected chi connectivity index (χ3v) is 10.3. The third-order valence-electron chi connectivity index (χ3n) is 10.3. The van der Waals surface area contributed by atoms with Gasteiger partial charge in [-0.05, 0) is 56.0 Å². The Morgan fingerprint density at radius 2 is 1.70 bits per heavy atom. The van der Waals surface area contributed by atoms with Gasteiger partial charge >= 0.3 is 6.18 Å². The van der Waals surface area contributed by atoms with Crippen LogP contribution in [0, 0.1) is 5.82 Å². The zero-order chi connectivity index (χ0) is 42.8. The summed E-state index contributed by atoms with van der Waals surface area (Å²) in [6.07, 6.45) is 1.34. The number of hydrogen-bond acceptors (Lipinski definition) is 11. The first-order valence-corrected chi connectivity index (χ1v) is 19.5. The van der Waals surface area contributed by atoms with Crippen LogP contribution in [0.2, 0.25) is 0 Å². The summed E-state index contributed by atoms with van der Waals surface area (Å²) in [5.41, 5.74) is 2.25. The molecule has 2 N–H and O–H groups in total. The average Bonchev–Trinajstić information content (AvgIpc) is 4.00. The van der Waals surface area contributed by atoms with Crippen molar-refractivity contribution < 1.29 is 27.1 Å². The van der Waals surface area contributed by atoms with Crippen LogP contribution in [0.25, 0.3) is 33.5 Å². The van der Waals surface area contributed by atoms with E-state index < -0.39 is 23.6 Å². The molecule has 1 amide bonds. The van der Waals surface area contributed by atoms with Crippen molar-refractivity contribution in [1.29, 1.82) is 0 Å². The Hall–Kier alpha value is -7.11. The number of rotatable bonds is 14. The van der Waals surface area contributed by atoms with Crippen LogP contribution in [-0.4, -0.2) is 70.8 Å². The molecule has 1 fully saturated rings. The molecule has 8 rings (SSSR count). The molecule has 14 nitrogen and oxygen atoms in total. The van der Waals surface area contributed by atoms with Gasteiger partial charge in [-0.2, -0.15) is 23.3 Å². The number of H-pyrrole nitrogens is 1. The van der Waals surface area contributed by atoms with Gasteiger partial charge in [0.15, 0.2) is 11.5 Å². The van der Waals surface area contributed by atoms with Gasteiger partial charge in [0.25, 0.3) is 11.5 Å². The van der Waals surface area contributed by atoms with Crippen LogP contribution in [-0.2, 0) is 19.1 Å². The van der Waals surface area contributed by atoms with Gasteiger partial charge in [-0.15, -0.1) is 0 Å². The minimum atomic E-state index is -4.60. The van der Waals surface area contributed by atoms with E-state index >= 15 is 4.39 Å². The minimum Gasteiger partial charge on any atom is -0.480 e. The number of halogens is 4. The van der Waals surface area contributed by atoms with Gasteiger partial charge < -0.3 is 19.5 Å². The van der Waals surface area contributed by atoms with Crippen LogP contribution in [0.15, 0.2) is 90.4 Å². The summed E-state index contributed by atoms with van der Waals surface area (Å²) < 4.78 is 63.2. The van der Waals surface area contributed by atoms with E-state index in [1.54, 1.807) is 73.3 Å². The minimum absolute atomic E-state index is 0.0326. The lowest BCUT2D eigenvalue weighted by Crippen LogP contribution is -2.36. The quantitative estimate of drug-likeness (QED) is 0.107. The Morgan fingerprint density at radius 1 is 0.967 bits per heavy atom. The molecule has 0 unspecified atom stereocenters. The zero-order valence-corrected chi connectivity index (χ0v) is 33.2. The van der Waals surface area contributed by atoms with Gasteiger partial charge in [-0.25, -0.2) is 34.4 Å². The number of benzene rings is 3. The van der Waals surface area contributed by atoms with Gasteiger partial charge in [0.05, 0.1) is 29.4 Å². The number of hydrogen-bond donors (Lipinski definition) is 2. The molecule has 0 bridgehead atoms. The van der Waals surface area contributed by atoms with Crippen molar-refractivity contribution in [2.24, 2.45) is 0 Å². The average molecular weight is 834 g/mol. The van der Waals surface area contributed by atoms with Crippen LogP contribution >= 0.6 is 0 Å². The molecule has 1 aliphatic rings. The summed E-state index contributed by atoms with van der Waals surface area (Å²) >= 11 is 0. The number of amides is 1. The molecule has 312 valence electrons. The van der Waals surface area contributed by atoms with Crippen molar-refractivity contribution in [2.75, 3.05) is 25.1 Å². The van der Waals surface area contributed by atoms with Gasteiger partial charge in [-0.3, -0.25) is 9.59 Å². The highest BCUT2D eigenvalue weighted by Crippen LogP contribution is 2.45. The Kier molecular flexibility index (Phi) is 11.2. The SMILES string of the molecule is COc1ncnc(C2CC2)c1-c1ncnc(N(CCNC(=O)c2cc(Cc3n[nH]c(=O)c4ccccc34)ccc2F)Cc2ccc(-c3nc(C(F)(F)F)cn3C(C)C)cc2)n1. The predicted molar refractivity (Wildman–Crippen MR) is 217 cm³/mol. The van der Waals surface area contributed by atoms with Gasteiger partial charge in [0.1, 0.15) is 29.9 Å². The van der Waals surface area contributed by atoms with Crippen LogP contribution in [0.3, 0.4) is 0 Å². The number of anilines is 1. The summed E-state index contributed by atoms with van der Waals surface area (Å²) in [7, 11) is 1.50. The molecular weight excluding hydrogens is 795 g/mol. The Balaban J connectivity index is 1.06. The molecule has 61 heavy (non-hydrogen) atoms. The van der Waals surface area contributed by atoms with Crippen molar-refractivity contribution in [3.63, 3.8) is 0 Å². The number of nitrogens with zero attached hydrogens (tertiary/aromatic N) is 9. The first-order chi connectivity index (χ1) is 29.4. The Labute approximate surface area is 346 Å². The molecule has 18 heteroatoms. The number of carbonyl (C=O) groups is 1. The van der Waals surface area contributed by atoms with E-state index in [0.29, 0.717) is 44.9 Å². The number of ether oxygens (including phenoxy) is 1. The fraction of sp³-hybridized carbons (Fsp3) is 0.279. The van der Waals surface area contributed by atoms with E-state index in [0.717, 1.165) is 30.3 Å². The molecule has 4 heterocycles. The van der Waals surface area contributed by atoms with Crippen molar-refractivity contribution in [3.05, 3.63) is 136 Å². The van der Waals surface area contributed by atoms with E-state index in [2.05, 4.69) is 40.4 Å². The normalized spacial score (nSPS) is 12.9. The highest BCUT2D eigenvalue weighted by atomic mass is 19.4. The van der Waals surface area contributed by atoms with Crippen LogP contribution in [0.1, 0.15) is 77.2 Å². The van der Waals surface area contributed by atoms with Crippen LogP contribution < -0.4 is 20.5 Å². The lowest BCUT2D eigenvalue weighted by atomic mass is 10.0. The molecule has 1 saturated carbocycles. The monoisotopic (exact) mass is 833 g/mol. The molecular formula is C43H39F4N11O3. The molecule has 0 atom stereocenters. The first-order valence-electron chi connectivity index (χ1n) is 19.5. The highest BCUT2D eigenvalue weighted by Gasteiger charge is 2.35. The maximum Gasteiger partial charge on any atom is 0.434 e. The van der Waals surface area contributed by atoms with E-state index in [9.17, 15) is 22.8 Å². The zero-order valence-electron chi connectivity index (χ0n) is 33.2. The molecule has 0 aliphatic heterocycles. The first kappa shape index (κ1) is 40.7. The molecule has 4 aromatic heterocycles. The number of aromatic nitrogens is 9. The molecule has 0 spiro atoms. The lowest BCUT2D eigenvalue weighted by Gasteiger charge is -2.23. The fourth-order valence-corrected chi connectivity index (χ4v) is 7.10. The number of methoxy groups -OCH3 is 1. The lowest BCUT2D eigenvalue weighted by molar-refractivity contribution is -0.140. The number of alkyl halides is 3. The van der Waals surface area contributed by atoms with Crippen molar-refractivity contribution in [3.8, 4) is 28.7 Å². The largest absolute Gasteiger partial charge is 0.480 e. The van der Waals surface area contributed by atoms with E-state index in [-0.39, 0.29) is 60.9 Å². The van der Waals surface area contributed by atoms with Crippen molar-refractivity contribution in [1.82, 2.24) is 50.0 Å². The molecule has 0 radical (unpaired) electrons. The fourth-order valence-electron chi connectivity index (χ4n) is 7.10. The third kappa shape index (κ3) is 8.78. The maximum absolute atomic E-state index is 15.2. The highest BCUT2D eigenvalue weighted by molar-refractivity contribution is 5.94. The van der Waals surface area contributed by atoms with Gasteiger partial charge in [0, 0.05) is 55.2 Å². The predicted octanol–water partition coefficient (Wildman–Crippen LogP) is 7.08. The van der Waals surface area contributed by atoms with Crippen molar-refractivity contribution in [2.45, 2.75) is 57.8 Å². The van der Waals surface area contributed by atoms with E-state index in [1.165, 1.54) is 36.5 Å². The molecule has 3 aromatic carbocycles. The summed E-state index contributed by atoms with van der Waals surface area (Å²) in [5, 5.41) is 10.6. The summed E-state index contributed by atoms with van der Waals surface area (Å²) in [5.74, 6) is -0.134. The van der Waals surface area contributed by atoms with Crippen LogP contribution in [0.5, 0.6) is 5.88 Å². The smallest absolute Gasteiger partial charge is 0.434 e. The molecule has 7 aromatic rings. The Bertz CT molecular complexity index is 2790. The standard InChI is InChI=1S/C43H39F4N11O3/c1-24(2)58-21-34(43(45,46)47)53-38(58)28-11-8-25(9-12-28)20-57(42-52-23-50-37(54-42)35-36(27-13-14-27)49-22-51-41(35)61-3)17-16-48-39(59)31-18-26(10-15-32(31)44)19-33-29-6-4-5-7-30(29)40(60)56-55-33/h4-12,15,18,21-24,27H,13-14,16-17,19-20H2,1-3H3,(H,48,59)(H,56,60). The van der Waals surface area contributed by atoms with Crippen molar-refractivity contribution >= 4 is 22.6 Å².